The minimum absolute atomic E-state index is 0. The molecule has 31 heavy (non-hydrogen) atoms. The fourth-order valence-electron chi connectivity index (χ4n) is 3.03. The van der Waals surface area contributed by atoms with Crippen molar-refractivity contribution in [2.24, 2.45) is 0 Å². The van der Waals surface area contributed by atoms with Gasteiger partial charge in [-0.05, 0) is 30.7 Å². The number of halogens is 4. The van der Waals surface area contributed by atoms with Gasteiger partial charge in [-0.25, -0.2) is 0 Å². The minimum atomic E-state index is -4.85. The van der Waals surface area contributed by atoms with Gasteiger partial charge >= 0.3 is 6.18 Å². The zero-order chi connectivity index (χ0) is 21.7. The number of aliphatic hydroxyl groups is 1. The highest BCUT2D eigenvalue weighted by Gasteiger charge is 2.39. The first-order valence-corrected chi connectivity index (χ1v) is 9.56. The van der Waals surface area contributed by atoms with Crippen LogP contribution >= 0.6 is 12.4 Å². The van der Waals surface area contributed by atoms with Crippen LogP contribution in [0.3, 0.4) is 0 Å². The largest absolute Gasteiger partial charge is 0.491 e. The molecule has 3 aromatic rings. The first kappa shape index (κ1) is 24.7. The van der Waals surface area contributed by atoms with Crippen molar-refractivity contribution in [3.8, 4) is 16.9 Å². The summed E-state index contributed by atoms with van der Waals surface area (Å²) in [7, 11) is 0. The van der Waals surface area contributed by atoms with Gasteiger partial charge in [-0.2, -0.15) is 13.2 Å². The lowest BCUT2D eigenvalue weighted by Crippen LogP contribution is -2.31. The van der Waals surface area contributed by atoms with E-state index in [-0.39, 0.29) is 41.3 Å². The number of fused-ring (bicyclic) bond motifs is 1. The number of hydrogen-bond acceptors (Lipinski definition) is 5. The lowest BCUT2D eigenvalue weighted by atomic mass is 10.0. The molecule has 0 aliphatic carbocycles. The number of hydrogen-bond donors (Lipinski definition) is 2. The van der Waals surface area contributed by atoms with Gasteiger partial charge in [-0.3, -0.25) is 4.79 Å². The fraction of sp³-hybridized carbons (Fsp3) is 0.318. The molecule has 5 nitrogen and oxygen atoms in total. The fourth-order valence-corrected chi connectivity index (χ4v) is 3.03. The molecule has 0 amide bonds. The smallest absolute Gasteiger partial charge is 0.450 e. The van der Waals surface area contributed by atoms with Gasteiger partial charge in [0, 0.05) is 12.6 Å². The Morgan fingerprint density at radius 3 is 2.52 bits per heavy atom. The molecule has 3 rings (SSSR count). The molecule has 2 N–H and O–H groups in total. The molecule has 1 aromatic heterocycles. The molecule has 0 saturated heterocycles. The van der Waals surface area contributed by atoms with Crippen molar-refractivity contribution in [2.75, 3.05) is 19.7 Å². The summed E-state index contributed by atoms with van der Waals surface area (Å²) < 4.78 is 51.5. The molecule has 0 spiro atoms. The normalized spacial score (nSPS) is 12.4. The predicted molar refractivity (Wildman–Crippen MR) is 115 cm³/mol. The van der Waals surface area contributed by atoms with Crippen LogP contribution in [0.2, 0.25) is 0 Å². The van der Waals surface area contributed by atoms with Gasteiger partial charge in [-0.15, -0.1) is 12.4 Å². The lowest BCUT2D eigenvalue weighted by molar-refractivity contribution is -0.152. The van der Waals surface area contributed by atoms with E-state index >= 15 is 0 Å². The van der Waals surface area contributed by atoms with Crippen molar-refractivity contribution < 1.29 is 27.4 Å². The average Bonchev–Trinajstić information content (AvgIpc) is 2.72. The molecule has 0 bridgehead atoms. The lowest BCUT2D eigenvalue weighted by Gasteiger charge is -2.15. The second kappa shape index (κ2) is 10.7. The summed E-state index contributed by atoms with van der Waals surface area (Å²) in [5, 5.41) is 13.0. The van der Waals surface area contributed by atoms with Crippen LogP contribution in [0, 0.1) is 0 Å². The van der Waals surface area contributed by atoms with Gasteiger partial charge in [-0.1, -0.05) is 37.3 Å². The van der Waals surface area contributed by atoms with Crippen molar-refractivity contribution in [3.05, 3.63) is 64.5 Å². The Morgan fingerprint density at radius 2 is 1.87 bits per heavy atom. The third-order valence-electron chi connectivity index (χ3n) is 4.43. The molecule has 1 unspecified atom stereocenters. The minimum Gasteiger partial charge on any atom is -0.491 e. The Morgan fingerprint density at radius 1 is 1.16 bits per heavy atom. The van der Waals surface area contributed by atoms with Crippen LogP contribution < -0.4 is 15.5 Å². The number of aliphatic hydroxyl groups excluding tert-OH is 1. The summed E-state index contributed by atoms with van der Waals surface area (Å²) in [6, 6.07) is 11.7. The van der Waals surface area contributed by atoms with Gasteiger partial charge in [0.1, 0.15) is 24.0 Å². The maximum Gasteiger partial charge on any atom is 0.450 e. The molecule has 0 radical (unpaired) electrons. The maximum absolute atomic E-state index is 13.6. The SMILES string of the molecule is CCCNCC(O)COc1ccc2c(=O)c(-c3ccccc3)c(C(F)(F)F)oc2c1.Cl. The Kier molecular flexibility index (Phi) is 8.50. The summed E-state index contributed by atoms with van der Waals surface area (Å²) >= 11 is 0. The average molecular weight is 458 g/mol. The van der Waals surface area contributed by atoms with Gasteiger partial charge in [0.2, 0.25) is 11.2 Å². The third kappa shape index (κ3) is 6.00. The number of rotatable bonds is 8. The van der Waals surface area contributed by atoms with E-state index in [4.69, 9.17) is 9.15 Å². The van der Waals surface area contributed by atoms with Gasteiger partial charge in [0.25, 0.3) is 0 Å². The standard InChI is InChI=1S/C22H22F3NO4.ClH/c1-2-10-26-12-15(27)13-29-16-8-9-17-18(11-16)30-21(22(23,24)25)19(20(17)28)14-6-4-3-5-7-14;/h3-9,11,15,26-27H,2,10,12-13H2,1H3;1H. The molecule has 0 saturated carbocycles. The molecule has 0 fully saturated rings. The number of alkyl halides is 3. The second-order valence-corrected chi connectivity index (χ2v) is 6.83. The highest BCUT2D eigenvalue weighted by molar-refractivity contribution is 5.85. The Bertz CT molecular complexity index is 1050. The molecule has 1 heterocycles. The molecule has 0 aliphatic rings. The Hall–Kier alpha value is -2.55. The van der Waals surface area contributed by atoms with E-state index in [0.717, 1.165) is 13.0 Å². The molecule has 168 valence electrons. The zero-order valence-electron chi connectivity index (χ0n) is 16.7. The Balaban J connectivity index is 0.00000341. The molecule has 9 heteroatoms. The van der Waals surface area contributed by atoms with E-state index in [1.807, 2.05) is 6.92 Å². The maximum atomic E-state index is 13.6. The topological polar surface area (TPSA) is 71.7 Å². The van der Waals surface area contributed by atoms with Crippen molar-refractivity contribution in [3.63, 3.8) is 0 Å². The Labute approximate surface area is 183 Å². The van der Waals surface area contributed by atoms with Crippen molar-refractivity contribution in [1.82, 2.24) is 5.32 Å². The van der Waals surface area contributed by atoms with Crippen LogP contribution in [0.1, 0.15) is 19.1 Å². The highest BCUT2D eigenvalue weighted by atomic mass is 35.5. The summed E-state index contributed by atoms with van der Waals surface area (Å²) in [6.45, 7) is 3.02. The van der Waals surface area contributed by atoms with E-state index in [2.05, 4.69) is 5.32 Å². The molecular weight excluding hydrogens is 435 g/mol. The second-order valence-electron chi connectivity index (χ2n) is 6.83. The number of benzene rings is 2. The summed E-state index contributed by atoms with van der Waals surface area (Å²) in [6.07, 6.45) is -4.72. The van der Waals surface area contributed by atoms with E-state index in [0.29, 0.717) is 6.54 Å². The zero-order valence-corrected chi connectivity index (χ0v) is 17.6. The van der Waals surface area contributed by atoms with Crippen LogP contribution in [-0.2, 0) is 6.18 Å². The highest BCUT2D eigenvalue weighted by Crippen LogP contribution is 2.37. The van der Waals surface area contributed by atoms with E-state index < -0.39 is 29.0 Å². The van der Waals surface area contributed by atoms with Crippen LogP contribution in [0.15, 0.2) is 57.7 Å². The van der Waals surface area contributed by atoms with Crippen molar-refractivity contribution in [1.29, 1.82) is 0 Å². The quantitative estimate of drug-likeness (QED) is 0.482. The first-order chi connectivity index (χ1) is 14.3. The van der Waals surface area contributed by atoms with Crippen LogP contribution in [-0.4, -0.2) is 30.9 Å². The van der Waals surface area contributed by atoms with Crippen molar-refractivity contribution >= 4 is 23.4 Å². The van der Waals surface area contributed by atoms with E-state index in [9.17, 15) is 23.1 Å². The van der Waals surface area contributed by atoms with Crippen molar-refractivity contribution in [2.45, 2.75) is 25.6 Å². The summed E-state index contributed by atoms with van der Waals surface area (Å²) in [5.74, 6) is -1.16. The van der Waals surface area contributed by atoms with Gasteiger partial charge in [0.05, 0.1) is 10.9 Å². The number of nitrogens with one attached hydrogen (secondary N) is 1. The number of ether oxygens (including phenoxy) is 1. The summed E-state index contributed by atoms with van der Waals surface area (Å²) in [5.41, 5.74) is -1.40. The monoisotopic (exact) mass is 457 g/mol. The van der Waals surface area contributed by atoms with Gasteiger partial charge in [0.15, 0.2) is 0 Å². The molecular formula is C22H23ClF3NO4. The first-order valence-electron chi connectivity index (χ1n) is 9.56. The van der Waals surface area contributed by atoms with Gasteiger partial charge < -0.3 is 19.6 Å². The summed E-state index contributed by atoms with van der Waals surface area (Å²) in [4.78, 5) is 12.9. The van der Waals surface area contributed by atoms with Crippen LogP contribution in [0.4, 0.5) is 13.2 Å². The van der Waals surface area contributed by atoms with E-state index in [1.54, 1.807) is 18.2 Å². The molecule has 0 aliphatic heterocycles. The predicted octanol–water partition coefficient (Wildman–Crippen LogP) is 4.64. The molecule has 1 atom stereocenters. The molecule has 2 aromatic carbocycles. The van der Waals surface area contributed by atoms with Crippen LogP contribution in [0.25, 0.3) is 22.1 Å². The van der Waals surface area contributed by atoms with E-state index in [1.165, 1.54) is 30.3 Å². The van der Waals surface area contributed by atoms with Crippen LogP contribution in [0.5, 0.6) is 5.75 Å². The third-order valence-corrected chi connectivity index (χ3v) is 4.43.